The van der Waals surface area contributed by atoms with Crippen LogP contribution in [0.3, 0.4) is 0 Å². The Hall–Kier alpha value is -0.600. The predicted octanol–water partition coefficient (Wildman–Crippen LogP) is 4.26. The van der Waals surface area contributed by atoms with E-state index in [-0.39, 0.29) is 24.0 Å². The topological polar surface area (TPSA) is 27.6 Å². The maximum atomic E-state index is 4.62. The summed E-state index contributed by atoms with van der Waals surface area (Å²) in [6, 6.07) is 12.9. The highest BCUT2D eigenvalue weighted by atomic mass is 127. The zero-order valence-electron chi connectivity index (χ0n) is 11.6. The largest absolute Gasteiger partial charge is 0.348 e. The van der Waals surface area contributed by atoms with Gasteiger partial charge in [0.1, 0.15) is 0 Å². The molecule has 1 N–H and O–H groups in total. The summed E-state index contributed by atoms with van der Waals surface area (Å²) in [4.78, 5) is 6.78. The first-order valence-corrected chi connectivity index (χ1v) is 8.19. The summed E-state index contributed by atoms with van der Waals surface area (Å²) < 4.78 is 1.17. The van der Waals surface area contributed by atoms with Crippen molar-refractivity contribution in [3.8, 4) is 0 Å². The van der Waals surface area contributed by atoms with Crippen LogP contribution in [0.5, 0.6) is 0 Å². The standard InChI is InChI=1S/C15H16BrN3S.HI/c1-19(9-11-7-14(16)20-10-11)15-17-8-13(18-15)12-5-3-2-4-6-12;/h2-7,10,13H,8-9H2,1H3,(H,17,18);1H. The Labute approximate surface area is 154 Å². The lowest BCUT2D eigenvalue weighted by atomic mass is 10.1. The molecule has 0 saturated carbocycles. The van der Waals surface area contributed by atoms with E-state index < -0.39 is 0 Å². The first-order chi connectivity index (χ1) is 9.72. The highest BCUT2D eigenvalue weighted by molar-refractivity contribution is 14.0. The molecule has 1 aliphatic rings. The number of halogens is 2. The molecular formula is C15H17BrIN3S. The van der Waals surface area contributed by atoms with Gasteiger partial charge in [-0.25, -0.2) is 0 Å². The summed E-state index contributed by atoms with van der Waals surface area (Å²) in [6.07, 6.45) is 0. The lowest BCUT2D eigenvalue weighted by Crippen LogP contribution is -2.36. The van der Waals surface area contributed by atoms with Gasteiger partial charge in [-0.15, -0.1) is 35.3 Å². The minimum Gasteiger partial charge on any atom is -0.348 e. The van der Waals surface area contributed by atoms with Crippen molar-refractivity contribution in [3.63, 3.8) is 0 Å². The Kier molecular flexibility index (Phi) is 6.07. The number of guanidine groups is 1. The van der Waals surface area contributed by atoms with Crippen molar-refractivity contribution in [1.29, 1.82) is 0 Å². The van der Waals surface area contributed by atoms with E-state index in [0.29, 0.717) is 6.04 Å². The van der Waals surface area contributed by atoms with Crippen LogP contribution in [0, 0.1) is 0 Å². The molecule has 6 heteroatoms. The zero-order valence-corrected chi connectivity index (χ0v) is 16.4. The van der Waals surface area contributed by atoms with E-state index in [1.54, 1.807) is 11.3 Å². The first-order valence-electron chi connectivity index (χ1n) is 6.52. The number of rotatable bonds is 3. The average Bonchev–Trinajstić information content (AvgIpc) is 3.09. The van der Waals surface area contributed by atoms with Crippen molar-refractivity contribution in [1.82, 2.24) is 10.2 Å². The van der Waals surface area contributed by atoms with E-state index in [4.69, 9.17) is 0 Å². The number of benzene rings is 1. The van der Waals surface area contributed by atoms with Crippen LogP contribution in [0.2, 0.25) is 0 Å². The molecule has 0 fully saturated rings. The molecule has 0 bridgehead atoms. The molecule has 0 amide bonds. The van der Waals surface area contributed by atoms with Crippen LogP contribution in [-0.4, -0.2) is 24.5 Å². The Morgan fingerprint density at radius 2 is 2.14 bits per heavy atom. The van der Waals surface area contributed by atoms with Crippen molar-refractivity contribution in [2.24, 2.45) is 4.99 Å². The molecule has 0 radical (unpaired) electrons. The Morgan fingerprint density at radius 1 is 1.38 bits per heavy atom. The fraction of sp³-hybridized carbons (Fsp3) is 0.267. The fourth-order valence-corrected chi connectivity index (χ4v) is 3.51. The van der Waals surface area contributed by atoms with Gasteiger partial charge in [-0.1, -0.05) is 30.3 Å². The molecule has 1 aromatic heterocycles. The Bertz CT molecular complexity index is 614. The van der Waals surface area contributed by atoms with E-state index >= 15 is 0 Å². The number of aliphatic imine (C=N–C) groups is 1. The first kappa shape index (κ1) is 16.8. The number of nitrogens with zero attached hydrogens (tertiary/aromatic N) is 2. The van der Waals surface area contributed by atoms with Crippen LogP contribution in [-0.2, 0) is 6.54 Å². The lowest BCUT2D eigenvalue weighted by molar-refractivity contribution is 0.481. The van der Waals surface area contributed by atoms with Crippen LogP contribution in [0.25, 0.3) is 0 Å². The van der Waals surface area contributed by atoms with Gasteiger partial charge in [-0.2, -0.15) is 0 Å². The molecule has 3 nitrogen and oxygen atoms in total. The van der Waals surface area contributed by atoms with Gasteiger partial charge in [0.25, 0.3) is 0 Å². The summed E-state index contributed by atoms with van der Waals surface area (Å²) in [6.45, 7) is 1.67. The summed E-state index contributed by atoms with van der Waals surface area (Å²) in [7, 11) is 2.07. The van der Waals surface area contributed by atoms with Gasteiger partial charge in [0.2, 0.25) is 0 Å². The summed E-state index contributed by atoms with van der Waals surface area (Å²) in [5.41, 5.74) is 2.59. The second-order valence-electron chi connectivity index (χ2n) is 4.89. The molecule has 1 unspecified atom stereocenters. The number of hydrogen-bond donors (Lipinski definition) is 1. The highest BCUT2D eigenvalue weighted by Crippen LogP contribution is 2.22. The van der Waals surface area contributed by atoms with Crippen LogP contribution < -0.4 is 5.32 Å². The number of nitrogens with one attached hydrogen (secondary N) is 1. The van der Waals surface area contributed by atoms with Gasteiger partial charge in [-0.05, 0) is 38.5 Å². The molecule has 0 aliphatic carbocycles. The normalized spacial score (nSPS) is 16.9. The van der Waals surface area contributed by atoms with Gasteiger partial charge in [0, 0.05) is 13.6 Å². The molecule has 21 heavy (non-hydrogen) atoms. The van der Waals surface area contributed by atoms with Gasteiger partial charge < -0.3 is 10.2 Å². The van der Waals surface area contributed by atoms with E-state index in [9.17, 15) is 0 Å². The molecule has 1 atom stereocenters. The summed E-state index contributed by atoms with van der Waals surface area (Å²) in [5, 5.41) is 5.67. The molecule has 3 rings (SSSR count). The number of hydrogen-bond acceptors (Lipinski definition) is 4. The van der Waals surface area contributed by atoms with Crippen molar-refractivity contribution in [2.75, 3.05) is 13.6 Å². The maximum absolute atomic E-state index is 4.62. The third-order valence-corrected chi connectivity index (χ3v) is 4.89. The Morgan fingerprint density at radius 3 is 2.81 bits per heavy atom. The van der Waals surface area contributed by atoms with Gasteiger partial charge in [0.05, 0.1) is 16.4 Å². The van der Waals surface area contributed by atoms with E-state index in [0.717, 1.165) is 19.0 Å². The lowest BCUT2D eigenvalue weighted by Gasteiger charge is -2.20. The van der Waals surface area contributed by atoms with Crippen molar-refractivity contribution in [3.05, 3.63) is 56.7 Å². The second-order valence-corrected chi connectivity index (χ2v) is 7.18. The van der Waals surface area contributed by atoms with Crippen molar-refractivity contribution >= 4 is 57.2 Å². The maximum Gasteiger partial charge on any atom is 0.194 e. The smallest absolute Gasteiger partial charge is 0.194 e. The van der Waals surface area contributed by atoms with Crippen LogP contribution >= 0.6 is 51.2 Å². The Balaban J connectivity index is 0.00000161. The monoisotopic (exact) mass is 477 g/mol. The summed E-state index contributed by atoms with van der Waals surface area (Å²) in [5.74, 6) is 0.973. The van der Waals surface area contributed by atoms with Crippen LogP contribution in [0.1, 0.15) is 17.2 Å². The van der Waals surface area contributed by atoms with E-state index in [1.807, 2.05) is 6.07 Å². The minimum atomic E-state index is 0. The SMILES string of the molecule is CN(Cc1csc(Br)c1)C1=NCC(c2ccccc2)N1.I. The molecule has 0 saturated heterocycles. The van der Waals surface area contributed by atoms with Crippen molar-refractivity contribution in [2.45, 2.75) is 12.6 Å². The quantitative estimate of drug-likeness (QED) is 0.669. The third-order valence-electron chi connectivity index (χ3n) is 3.33. The van der Waals surface area contributed by atoms with E-state index in [1.165, 1.54) is 14.9 Å². The molecule has 1 aliphatic heterocycles. The molecule has 1 aromatic carbocycles. The van der Waals surface area contributed by atoms with Crippen LogP contribution in [0.15, 0.2) is 50.6 Å². The second kappa shape index (κ2) is 7.60. The zero-order chi connectivity index (χ0) is 13.9. The van der Waals surface area contributed by atoms with Gasteiger partial charge >= 0.3 is 0 Å². The van der Waals surface area contributed by atoms with Crippen LogP contribution in [0.4, 0.5) is 0 Å². The van der Waals surface area contributed by atoms with Gasteiger partial charge in [-0.3, -0.25) is 4.99 Å². The number of thiophene rings is 1. The third kappa shape index (κ3) is 4.20. The molecule has 2 heterocycles. The van der Waals surface area contributed by atoms with Gasteiger partial charge in [0.15, 0.2) is 5.96 Å². The van der Waals surface area contributed by atoms with Crippen molar-refractivity contribution < 1.29 is 0 Å². The van der Waals surface area contributed by atoms with E-state index in [2.05, 4.69) is 73.9 Å². The average molecular weight is 478 g/mol. The fourth-order valence-electron chi connectivity index (χ4n) is 2.31. The minimum absolute atomic E-state index is 0. The summed E-state index contributed by atoms with van der Waals surface area (Å²) >= 11 is 5.22. The highest BCUT2D eigenvalue weighted by Gasteiger charge is 2.21. The molecular weight excluding hydrogens is 461 g/mol. The predicted molar refractivity (Wildman–Crippen MR) is 104 cm³/mol. The molecule has 2 aromatic rings. The molecule has 0 spiro atoms. The molecule has 112 valence electrons.